The molecule has 280 valence electrons. The number of para-hydroxylation sites is 3. The fourth-order valence-corrected chi connectivity index (χ4v) is 8.36. The van der Waals surface area contributed by atoms with Gasteiger partial charge in [-0.2, -0.15) is 9.97 Å². The van der Waals surface area contributed by atoms with E-state index in [-0.39, 0.29) is 5.75 Å². The van der Waals surface area contributed by atoms with E-state index >= 15 is 0 Å². The molecule has 3 aromatic heterocycles. The van der Waals surface area contributed by atoms with Crippen LogP contribution in [0.15, 0.2) is 188 Å². The number of nitrogens with zero attached hydrogens (tertiary/aromatic N) is 5. The quantitative estimate of drug-likeness (QED) is 0.162. The van der Waals surface area contributed by atoms with Crippen molar-refractivity contribution >= 4 is 43.6 Å². The normalized spacial score (nSPS) is 12.5. The first-order chi connectivity index (χ1) is 30.3. The Hall–Kier alpha value is -7.83. The Morgan fingerprint density at radius 3 is 1.39 bits per heavy atom. The molecule has 0 atom stereocenters. The maximum atomic E-state index is 7.45. The Kier molecular flexibility index (Phi) is 7.41. The zero-order chi connectivity index (χ0) is 42.0. The second-order valence-electron chi connectivity index (χ2n) is 14.8. The third-order valence-electron chi connectivity index (χ3n) is 11.3. The van der Waals surface area contributed by atoms with E-state index in [1.165, 1.54) is 5.56 Å². The van der Waals surface area contributed by atoms with Crippen molar-refractivity contribution in [2.75, 3.05) is 7.04 Å². The van der Waals surface area contributed by atoms with Crippen LogP contribution in [0, 0.1) is 6.92 Å². The Morgan fingerprint density at radius 1 is 0.407 bits per heavy atom. The number of hydrogen-bond donors (Lipinski definition) is 0. The summed E-state index contributed by atoms with van der Waals surface area (Å²) in [4.78, 5) is 15.8. The molecule has 3 heterocycles. The molecule has 0 aliphatic rings. The molecule has 59 heavy (non-hydrogen) atoms. The van der Waals surface area contributed by atoms with Crippen LogP contribution in [0.25, 0.3) is 100 Å². The van der Waals surface area contributed by atoms with Crippen LogP contribution in [0.1, 0.15) is 9.68 Å². The van der Waals surface area contributed by atoms with Crippen molar-refractivity contribution in [3.63, 3.8) is 0 Å². The molecule has 0 bridgehead atoms. The molecule has 8 aromatic carbocycles. The monoisotopic (exact) mass is 762 g/mol. The van der Waals surface area contributed by atoms with Gasteiger partial charge in [0.15, 0.2) is 11.6 Å². The first-order valence-corrected chi connectivity index (χ1v) is 19.6. The molecule has 0 radical (unpaired) electrons. The topological polar surface area (TPSA) is 57.8 Å². The number of ether oxygens (including phenoxy) is 1. The van der Waals surface area contributed by atoms with Crippen LogP contribution < -0.4 is 4.74 Å². The zero-order valence-corrected chi connectivity index (χ0v) is 32.0. The Balaban J connectivity index is 1.13. The molecule has 0 saturated heterocycles. The number of rotatable bonds is 7. The summed E-state index contributed by atoms with van der Waals surface area (Å²) in [5.41, 5.74) is 12.3. The molecule has 0 amide bonds. The number of aryl methyl sites for hydroxylation is 1. The van der Waals surface area contributed by atoms with Crippen molar-refractivity contribution < 1.29 is 8.85 Å². The van der Waals surface area contributed by atoms with Crippen molar-refractivity contribution in [2.45, 2.75) is 6.92 Å². The molecule has 0 saturated carbocycles. The molecule has 0 aliphatic heterocycles. The number of methoxy groups -OCH3 is 1. The third kappa shape index (κ3) is 5.84. The standard InChI is InChI=1S/C53H37N5O/c1-34-16-18-35(19-17-34)36-20-24-39(25-21-36)51-54-52(40-26-22-37(23-27-40)38-28-30-42(59-2)31-29-38)56-53(55-51)58-48-15-9-7-13-44(48)46-33-32-45-43-12-6-8-14-47(43)57(49(45)50(46)58)41-10-4-3-5-11-41/h3-33H,1-2H3/i2D3. The van der Waals surface area contributed by atoms with Crippen LogP contribution in [0.4, 0.5) is 0 Å². The van der Waals surface area contributed by atoms with Gasteiger partial charge >= 0.3 is 0 Å². The second kappa shape index (κ2) is 14.0. The van der Waals surface area contributed by atoms with Crippen LogP contribution in [0.5, 0.6) is 5.75 Å². The number of benzene rings is 8. The summed E-state index contributed by atoms with van der Waals surface area (Å²) in [6.07, 6.45) is 0. The molecule has 0 spiro atoms. The second-order valence-corrected chi connectivity index (χ2v) is 14.8. The smallest absolute Gasteiger partial charge is 0.238 e. The van der Waals surface area contributed by atoms with Gasteiger partial charge in [-0.05, 0) is 65.6 Å². The highest BCUT2D eigenvalue weighted by Gasteiger charge is 2.23. The summed E-state index contributed by atoms with van der Waals surface area (Å²) in [6, 6.07) is 64.1. The van der Waals surface area contributed by atoms with Crippen LogP contribution >= 0.6 is 0 Å². The van der Waals surface area contributed by atoms with E-state index in [1.54, 1.807) is 12.1 Å². The van der Waals surface area contributed by atoms with Crippen molar-refractivity contribution in [3.05, 3.63) is 194 Å². The molecule has 6 nitrogen and oxygen atoms in total. The highest BCUT2D eigenvalue weighted by Crippen LogP contribution is 2.41. The van der Waals surface area contributed by atoms with E-state index in [0.29, 0.717) is 17.6 Å². The van der Waals surface area contributed by atoms with Gasteiger partial charge in [0.05, 0.1) is 33.2 Å². The summed E-state index contributed by atoms with van der Waals surface area (Å²) in [5, 5.41) is 4.49. The van der Waals surface area contributed by atoms with Gasteiger partial charge in [0.2, 0.25) is 5.95 Å². The van der Waals surface area contributed by atoms with Crippen molar-refractivity contribution in [2.24, 2.45) is 0 Å². The van der Waals surface area contributed by atoms with E-state index in [2.05, 4.69) is 150 Å². The lowest BCUT2D eigenvalue weighted by molar-refractivity contribution is 0.415. The summed E-state index contributed by atoms with van der Waals surface area (Å²) >= 11 is 0. The molecule has 0 unspecified atom stereocenters. The van der Waals surface area contributed by atoms with Gasteiger partial charge in [-0.25, -0.2) is 4.98 Å². The van der Waals surface area contributed by atoms with E-state index in [4.69, 9.17) is 23.8 Å². The molecule has 11 aromatic rings. The van der Waals surface area contributed by atoms with Crippen molar-refractivity contribution in [3.8, 4) is 62.4 Å². The third-order valence-corrected chi connectivity index (χ3v) is 11.3. The van der Waals surface area contributed by atoms with Crippen LogP contribution in [0.3, 0.4) is 0 Å². The van der Waals surface area contributed by atoms with Gasteiger partial charge in [-0.15, -0.1) is 0 Å². The average Bonchev–Trinajstić information content (AvgIpc) is 3.83. The van der Waals surface area contributed by atoms with E-state index in [0.717, 1.165) is 82.7 Å². The Morgan fingerprint density at radius 2 is 0.847 bits per heavy atom. The molecule has 0 N–H and O–H groups in total. The summed E-state index contributed by atoms with van der Waals surface area (Å²) < 4.78 is 32.0. The van der Waals surface area contributed by atoms with Gasteiger partial charge in [0, 0.05) is 38.4 Å². The first kappa shape index (κ1) is 31.3. The van der Waals surface area contributed by atoms with Crippen LogP contribution in [-0.4, -0.2) is 31.1 Å². The van der Waals surface area contributed by atoms with E-state index in [1.807, 2.05) is 42.5 Å². The fourth-order valence-electron chi connectivity index (χ4n) is 8.36. The molecule has 6 heteroatoms. The summed E-state index contributed by atoms with van der Waals surface area (Å²) in [7, 11) is -2.51. The largest absolute Gasteiger partial charge is 0.497 e. The lowest BCUT2D eigenvalue weighted by Gasteiger charge is -2.13. The van der Waals surface area contributed by atoms with E-state index < -0.39 is 7.04 Å². The molecule has 0 aliphatic carbocycles. The average molecular weight is 763 g/mol. The maximum absolute atomic E-state index is 7.45. The minimum atomic E-state index is -2.51. The van der Waals surface area contributed by atoms with Gasteiger partial charge in [0.1, 0.15) is 5.75 Å². The molecule has 11 rings (SSSR count). The Bertz CT molecular complexity index is 3450. The molecular weight excluding hydrogens is 723 g/mol. The lowest BCUT2D eigenvalue weighted by atomic mass is 10.0. The van der Waals surface area contributed by atoms with Gasteiger partial charge < -0.3 is 9.30 Å². The molecule has 0 fully saturated rings. The highest BCUT2D eigenvalue weighted by atomic mass is 16.5. The SMILES string of the molecule is [2H]C([2H])([2H])Oc1ccc(-c2ccc(-c3nc(-c4ccc(-c5ccc(C)cc5)cc4)nc(-n4c5ccccc5c5ccc6c7ccccc7n(-c7ccccc7)c6c54)n3)cc2)cc1. The minimum absolute atomic E-state index is 0.286. The first-order valence-electron chi connectivity index (χ1n) is 21.1. The van der Waals surface area contributed by atoms with Gasteiger partial charge in [0.25, 0.3) is 0 Å². The summed E-state index contributed by atoms with van der Waals surface area (Å²) in [6.45, 7) is 2.09. The van der Waals surface area contributed by atoms with Crippen LogP contribution in [-0.2, 0) is 0 Å². The highest BCUT2D eigenvalue weighted by molar-refractivity contribution is 6.23. The molecular formula is C53H37N5O. The number of hydrogen-bond acceptors (Lipinski definition) is 4. The van der Waals surface area contributed by atoms with Gasteiger partial charge in [-0.1, -0.05) is 157 Å². The van der Waals surface area contributed by atoms with E-state index in [9.17, 15) is 0 Å². The predicted octanol–water partition coefficient (Wildman–Crippen LogP) is 13.1. The zero-order valence-electron chi connectivity index (χ0n) is 35.0. The lowest BCUT2D eigenvalue weighted by Crippen LogP contribution is -2.07. The number of aromatic nitrogens is 5. The van der Waals surface area contributed by atoms with Crippen LogP contribution in [0.2, 0.25) is 0 Å². The predicted molar refractivity (Wildman–Crippen MR) is 242 cm³/mol. The Labute approximate surface area is 345 Å². The fraction of sp³-hybridized carbons (Fsp3) is 0.0377. The van der Waals surface area contributed by atoms with Crippen molar-refractivity contribution in [1.29, 1.82) is 0 Å². The maximum Gasteiger partial charge on any atom is 0.238 e. The minimum Gasteiger partial charge on any atom is -0.497 e. The van der Waals surface area contributed by atoms with Gasteiger partial charge in [-0.3, -0.25) is 4.57 Å². The van der Waals surface area contributed by atoms with Crippen molar-refractivity contribution in [1.82, 2.24) is 24.1 Å². The summed E-state index contributed by atoms with van der Waals surface area (Å²) in [5.74, 6) is 1.87. The number of fused-ring (bicyclic) bond motifs is 7.